The Morgan fingerprint density at radius 2 is 1.70 bits per heavy atom. The molecule has 0 unspecified atom stereocenters. The molecule has 2 heterocycles. The third-order valence-corrected chi connectivity index (χ3v) is 5.11. The summed E-state index contributed by atoms with van der Waals surface area (Å²) in [6, 6.07) is 17.5. The number of thiazole rings is 1. The summed E-state index contributed by atoms with van der Waals surface area (Å²) >= 11 is 1.57. The summed E-state index contributed by atoms with van der Waals surface area (Å²) in [7, 11) is 0. The Kier molecular flexibility index (Phi) is 5.67. The second-order valence-corrected chi connectivity index (χ2v) is 7.53. The van der Waals surface area contributed by atoms with Crippen molar-refractivity contribution in [2.75, 3.05) is 0 Å². The first-order chi connectivity index (χ1) is 14.6. The Morgan fingerprint density at radius 3 is 2.47 bits per heavy atom. The third-order valence-electron chi connectivity index (χ3n) is 4.29. The molecule has 0 aliphatic heterocycles. The maximum absolute atomic E-state index is 12.3. The smallest absolute Gasteiger partial charge is 0.288 e. The van der Waals surface area contributed by atoms with Crippen LogP contribution in [0.5, 0.6) is 5.75 Å². The highest BCUT2D eigenvalue weighted by atomic mass is 32.1. The molecule has 0 spiro atoms. The van der Waals surface area contributed by atoms with Crippen molar-refractivity contribution in [1.29, 1.82) is 0 Å². The molecule has 8 heteroatoms. The Bertz CT molecular complexity index is 1200. The first kappa shape index (κ1) is 19.5. The summed E-state index contributed by atoms with van der Waals surface area (Å²) in [5.41, 5.74) is 6.96. The quantitative estimate of drug-likeness (QED) is 0.483. The number of pyridine rings is 1. The number of hydrogen-bond acceptors (Lipinski definition) is 6. The lowest BCUT2D eigenvalue weighted by atomic mass is 10.2. The molecule has 2 aromatic carbocycles. The largest absolute Gasteiger partial charge is 0.487 e. The minimum Gasteiger partial charge on any atom is -0.487 e. The Balaban J connectivity index is 1.32. The second kappa shape index (κ2) is 8.71. The van der Waals surface area contributed by atoms with Gasteiger partial charge in [0.05, 0.1) is 16.2 Å². The van der Waals surface area contributed by atoms with Gasteiger partial charge in [0.25, 0.3) is 11.8 Å². The van der Waals surface area contributed by atoms with Crippen LogP contribution in [-0.2, 0) is 6.61 Å². The second-order valence-electron chi connectivity index (χ2n) is 6.47. The Labute approximate surface area is 176 Å². The maximum Gasteiger partial charge on any atom is 0.288 e. The van der Waals surface area contributed by atoms with Gasteiger partial charge in [-0.15, -0.1) is 11.3 Å². The van der Waals surface area contributed by atoms with Crippen LogP contribution in [0.4, 0.5) is 0 Å². The maximum atomic E-state index is 12.3. The molecule has 4 aromatic rings. The number of amides is 2. The van der Waals surface area contributed by atoms with Crippen molar-refractivity contribution in [3.8, 4) is 5.75 Å². The van der Waals surface area contributed by atoms with Gasteiger partial charge in [0.15, 0.2) is 0 Å². The van der Waals surface area contributed by atoms with E-state index >= 15 is 0 Å². The SMILES string of the molecule is Cc1nc(COc2ccc(C(=O)NNC(=O)c3ccc4ccccc4n3)cc2)cs1. The van der Waals surface area contributed by atoms with Gasteiger partial charge >= 0.3 is 0 Å². The third kappa shape index (κ3) is 4.61. The summed E-state index contributed by atoms with van der Waals surface area (Å²) in [5, 5.41) is 3.87. The lowest BCUT2D eigenvalue weighted by Crippen LogP contribution is -2.41. The molecule has 0 radical (unpaired) electrons. The standard InChI is InChI=1S/C22H18N4O3S/c1-14-23-17(13-30-14)12-29-18-9-6-16(7-10-18)21(27)25-26-22(28)20-11-8-15-4-2-3-5-19(15)24-20/h2-11,13H,12H2,1H3,(H,25,27)(H,26,28). The van der Waals surface area contributed by atoms with Crippen LogP contribution in [0.2, 0.25) is 0 Å². The van der Waals surface area contributed by atoms with Crippen molar-refractivity contribution in [3.63, 3.8) is 0 Å². The van der Waals surface area contributed by atoms with Gasteiger partial charge in [-0.25, -0.2) is 9.97 Å². The van der Waals surface area contributed by atoms with E-state index in [9.17, 15) is 9.59 Å². The zero-order valence-electron chi connectivity index (χ0n) is 16.1. The van der Waals surface area contributed by atoms with E-state index in [-0.39, 0.29) is 5.69 Å². The monoisotopic (exact) mass is 418 g/mol. The number of ether oxygens (including phenoxy) is 1. The first-order valence-electron chi connectivity index (χ1n) is 9.19. The highest BCUT2D eigenvalue weighted by molar-refractivity contribution is 7.09. The first-order valence-corrected chi connectivity index (χ1v) is 10.1. The van der Waals surface area contributed by atoms with Gasteiger partial charge in [-0.05, 0) is 43.3 Å². The van der Waals surface area contributed by atoms with Gasteiger partial charge in [0.2, 0.25) is 0 Å². The van der Waals surface area contributed by atoms with Crippen molar-refractivity contribution in [1.82, 2.24) is 20.8 Å². The van der Waals surface area contributed by atoms with E-state index in [1.165, 1.54) is 0 Å². The molecule has 7 nitrogen and oxygen atoms in total. The minimum atomic E-state index is -0.493. The zero-order chi connectivity index (χ0) is 20.9. The van der Waals surface area contributed by atoms with Crippen molar-refractivity contribution >= 4 is 34.1 Å². The highest BCUT2D eigenvalue weighted by Gasteiger charge is 2.11. The van der Waals surface area contributed by atoms with Crippen molar-refractivity contribution in [2.24, 2.45) is 0 Å². The predicted molar refractivity (Wildman–Crippen MR) is 114 cm³/mol. The van der Waals surface area contributed by atoms with Crippen LogP contribution >= 0.6 is 11.3 Å². The molecule has 0 aliphatic rings. The number of carbonyl (C=O) groups is 2. The van der Waals surface area contributed by atoms with Crippen molar-refractivity contribution in [2.45, 2.75) is 13.5 Å². The van der Waals surface area contributed by atoms with E-state index in [1.807, 2.05) is 42.6 Å². The lowest BCUT2D eigenvalue weighted by Gasteiger charge is -2.09. The highest BCUT2D eigenvalue weighted by Crippen LogP contribution is 2.16. The molecular formula is C22H18N4O3S. The van der Waals surface area contributed by atoms with Gasteiger partial charge < -0.3 is 4.74 Å². The van der Waals surface area contributed by atoms with Crippen LogP contribution in [0.25, 0.3) is 10.9 Å². The number of para-hydroxylation sites is 1. The number of benzene rings is 2. The van der Waals surface area contributed by atoms with E-state index in [0.29, 0.717) is 23.4 Å². The number of aromatic nitrogens is 2. The predicted octanol–water partition coefficient (Wildman–Crippen LogP) is 3.65. The summed E-state index contributed by atoms with van der Waals surface area (Å²) in [4.78, 5) is 33.2. The van der Waals surface area contributed by atoms with E-state index in [2.05, 4.69) is 20.8 Å². The number of hydrazine groups is 1. The van der Waals surface area contributed by atoms with E-state index in [1.54, 1.807) is 41.7 Å². The fourth-order valence-electron chi connectivity index (χ4n) is 2.78. The van der Waals surface area contributed by atoms with Crippen molar-refractivity contribution < 1.29 is 14.3 Å². The zero-order valence-corrected chi connectivity index (χ0v) is 16.9. The molecule has 2 amide bonds. The van der Waals surface area contributed by atoms with Gasteiger partial charge in [-0.1, -0.05) is 24.3 Å². The fourth-order valence-corrected chi connectivity index (χ4v) is 3.37. The summed E-state index contributed by atoms with van der Waals surface area (Å²) in [6.07, 6.45) is 0. The Morgan fingerprint density at radius 1 is 0.933 bits per heavy atom. The molecule has 0 atom stereocenters. The molecule has 0 fully saturated rings. The van der Waals surface area contributed by atoms with Crippen LogP contribution < -0.4 is 15.6 Å². The molecule has 0 saturated carbocycles. The number of rotatable bonds is 5. The van der Waals surface area contributed by atoms with Crippen LogP contribution in [0.3, 0.4) is 0 Å². The molecule has 0 saturated heterocycles. The summed E-state index contributed by atoms with van der Waals surface area (Å²) in [6.45, 7) is 2.31. The number of carbonyl (C=O) groups excluding carboxylic acids is 2. The topological polar surface area (TPSA) is 93.2 Å². The molecule has 2 aromatic heterocycles. The van der Waals surface area contributed by atoms with Crippen LogP contribution in [0, 0.1) is 6.92 Å². The number of nitrogens with zero attached hydrogens (tertiary/aromatic N) is 2. The van der Waals surface area contributed by atoms with Crippen LogP contribution in [0.15, 0.2) is 66.0 Å². The van der Waals surface area contributed by atoms with Gasteiger partial charge in [-0.2, -0.15) is 0 Å². The molecular weight excluding hydrogens is 400 g/mol. The molecule has 150 valence electrons. The van der Waals surface area contributed by atoms with Crippen molar-refractivity contribution in [3.05, 3.63) is 88.0 Å². The van der Waals surface area contributed by atoms with Gasteiger partial charge in [0, 0.05) is 16.3 Å². The number of fused-ring (bicyclic) bond motifs is 1. The molecule has 0 aliphatic carbocycles. The number of hydrogen-bond donors (Lipinski definition) is 2. The minimum absolute atomic E-state index is 0.218. The average Bonchev–Trinajstić information content (AvgIpc) is 3.21. The number of nitrogens with one attached hydrogen (secondary N) is 2. The van der Waals surface area contributed by atoms with E-state index in [4.69, 9.17) is 4.74 Å². The molecule has 4 rings (SSSR count). The Hall–Kier alpha value is -3.78. The molecule has 0 bridgehead atoms. The molecule has 2 N–H and O–H groups in total. The van der Waals surface area contributed by atoms with E-state index in [0.717, 1.165) is 16.1 Å². The summed E-state index contributed by atoms with van der Waals surface area (Å²) < 4.78 is 5.67. The lowest BCUT2D eigenvalue weighted by molar-refractivity contribution is 0.0844. The number of aryl methyl sites for hydroxylation is 1. The van der Waals surface area contributed by atoms with Gasteiger partial charge in [0.1, 0.15) is 18.1 Å². The normalized spacial score (nSPS) is 10.6. The average molecular weight is 418 g/mol. The van der Waals surface area contributed by atoms with Crippen LogP contribution in [0.1, 0.15) is 31.5 Å². The van der Waals surface area contributed by atoms with Gasteiger partial charge in [-0.3, -0.25) is 20.4 Å². The fraction of sp³-hybridized carbons (Fsp3) is 0.0909. The van der Waals surface area contributed by atoms with E-state index < -0.39 is 11.8 Å². The van der Waals surface area contributed by atoms with Crippen LogP contribution in [-0.4, -0.2) is 21.8 Å². The summed E-state index contributed by atoms with van der Waals surface area (Å²) in [5.74, 6) is -0.306. The molecule has 30 heavy (non-hydrogen) atoms.